The Kier molecular flexibility index (Phi) is 6.95. The van der Waals surface area contributed by atoms with E-state index in [4.69, 9.17) is 4.98 Å². The molecule has 2 N–H and O–H groups in total. The van der Waals surface area contributed by atoms with Crippen molar-refractivity contribution in [2.45, 2.75) is 56.4 Å². The third-order valence-corrected chi connectivity index (χ3v) is 8.69. The first-order valence-electron chi connectivity index (χ1n) is 12.9. The zero-order chi connectivity index (χ0) is 26.2. The van der Waals surface area contributed by atoms with Crippen molar-refractivity contribution in [1.82, 2.24) is 19.6 Å². The van der Waals surface area contributed by atoms with Gasteiger partial charge in [-0.25, -0.2) is 18.1 Å². The summed E-state index contributed by atoms with van der Waals surface area (Å²) in [6.07, 6.45) is 5.06. The van der Waals surface area contributed by atoms with Crippen LogP contribution in [0, 0.1) is 0 Å². The molecule has 3 aromatic rings. The zero-order valence-corrected chi connectivity index (χ0v) is 22.8. The minimum atomic E-state index is -3.64. The van der Waals surface area contributed by atoms with Crippen molar-refractivity contribution in [1.29, 1.82) is 0 Å². The maximum absolute atomic E-state index is 12.9. The van der Waals surface area contributed by atoms with Crippen molar-refractivity contribution < 1.29 is 8.42 Å². The molecule has 2 aromatic carbocycles. The summed E-state index contributed by atoms with van der Waals surface area (Å²) < 4.78 is 28.5. The van der Waals surface area contributed by atoms with E-state index in [-0.39, 0.29) is 4.90 Å². The third-order valence-electron chi connectivity index (χ3n) is 6.94. The summed E-state index contributed by atoms with van der Waals surface area (Å²) in [5.74, 6) is 1.95. The molecule has 0 amide bonds. The quantitative estimate of drug-likeness (QED) is 0.482. The van der Waals surface area contributed by atoms with Gasteiger partial charge in [-0.1, -0.05) is 18.2 Å². The van der Waals surface area contributed by atoms with Gasteiger partial charge in [-0.2, -0.15) is 4.98 Å². The molecule has 0 bridgehead atoms. The summed E-state index contributed by atoms with van der Waals surface area (Å²) in [5, 5.41) is 3.34. The van der Waals surface area contributed by atoms with Gasteiger partial charge in [0.2, 0.25) is 16.0 Å². The number of piperidine rings is 1. The molecule has 0 unspecified atom stereocenters. The topological polar surface area (TPSA) is 90.5 Å². The van der Waals surface area contributed by atoms with Crippen LogP contribution >= 0.6 is 0 Å². The van der Waals surface area contributed by atoms with Crippen molar-refractivity contribution in [3.05, 3.63) is 65.9 Å². The Morgan fingerprint density at radius 3 is 2.43 bits per heavy atom. The van der Waals surface area contributed by atoms with Gasteiger partial charge >= 0.3 is 0 Å². The fourth-order valence-electron chi connectivity index (χ4n) is 5.05. The molecule has 0 atom stereocenters. The second-order valence-electron chi connectivity index (χ2n) is 11.1. The highest BCUT2D eigenvalue weighted by molar-refractivity contribution is 7.89. The van der Waals surface area contributed by atoms with Gasteiger partial charge < -0.3 is 15.1 Å². The Hall–Kier alpha value is -3.01. The standard InChI is InChI=1S/C28H36N6O2S/c1-28(2,3)32-37(35,36)25-7-5-6-24(18-25)34-17-14-22-19-29-27(31-26(22)34)30-23-10-8-20(9-11-23)21-12-15-33(4)16-13-21/h5-11,18-19,21,32H,12-17H2,1-4H3,(H,29,30,31). The van der Waals surface area contributed by atoms with Crippen LogP contribution in [0.5, 0.6) is 0 Å². The molecule has 9 heteroatoms. The van der Waals surface area contributed by atoms with E-state index in [1.165, 1.54) is 18.4 Å². The largest absolute Gasteiger partial charge is 0.326 e. The van der Waals surface area contributed by atoms with E-state index < -0.39 is 15.6 Å². The predicted molar refractivity (Wildman–Crippen MR) is 148 cm³/mol. The van der Waals surface area contributed by atoms with Crippen molar-refractivity contribution in [3.63, 3.8) is 0 Å². The molecule has 1 fully saturated rings. The van der Waals surface area contributed by atoms with E-state index in [1.807, 2.05) is 33.0 Å². The van der Waals surface area contributed by atoms with Crippen LogP contribution < -0.4 is 14.9 Å². The Morgan fingerprint density at radius 2 is 1.73 bits per heavy atom. The lowest BCUT2D eigenvalue weighted by molar-refractivity contribution is 0.255. The van der Waals surface area contributed by atoms with E-state index in [0.29, 0.717) is 11.9 Å². The van der Waals surface area contributed by atoms with Gasteiger partial charge in [-0.05, 0) is 102 Å². The molecule has 0 aliphatic carbocycles. The molecule has 3 heterocycles. The normalized spacial score (nSPS) is 17.1. The highest BCUT2D eigenvalue weighted by atomic mass is 32.2. The lowest BCUT2D eigenvalue weighted by atomic mass is 9.89. The smallest absolute Gasteiger partial charge is 0.241 e. The molecule has 1 aromatic heterocycles. The fraction of sp³-hybridized carbons (Fsp3) is 0.429. The van der Waals surface area contributed by atoms with Gasteiger partial charge in [0.25, 0.3) is 0 Å². The van der Waals surface area contributed by atoms with Crippen LogP contribution in [0.1, 0.15) is 50.7 Å². The highest BCUT2D eigenvalue weighted by Crippen LogP contribution is 2.35. The van der Waals surface area contributed by atoms with Gasteiger partial charge in [-0.3, -0.25) is 0 Å². The third kappa shape index (κ3) is 5.95. The molecular formula is C28H36N6O2S. The van der Waals surface area contributed by atoms with Crippen molar-refractivity contribution in [2.24, 2.45) is 0 Å². The van der Waals surface area contributed by atoms with E-state index in [1.54, 1.807) is 18.2 Å². The Balaban J connectivity index is 1.33. The minimum absolute atomic E-state index is 0.241. The number of hydrogen-bond acceptors (Lipinski definition) is 7. The fourth-order valence-corrected chi connectivity index (χ4v) is 6.51. The lowest BCUT2D eigenvalue weighted by Gasteiger charge is -2.29. The highest BCUT2D eigenvalue weighted by Gasteiger charge is 2.26. The van der Waals surface area contributed by atoms with Crippen LogP contribution in [0.3, 0.4) is 0 Å². The molecule has 5 rings (SSSR count). The van der Waals surface area contributed by atoms with Crippen LogP contribution in [0.25, 0.3) is 0 Å². The summed E-state index contributed by atoms with van der Waals surface area (Å²) in [7, 11) is -1.45. The number of rotatable bonds is 6. The molecule has 1 saturated heterocycles. The molecule has 0 spiro atoms. The zero-order valence-electron chi connectivity index (χ0n) is 22.0. The summed E-state index contributed by atoms with van der Waals surface area (Å²) in [5.41, 5.74) is 3.61. The van der Waals surface area contributed by atoms with Gasteiger partial charge in [0.05, 0.1) is 4.90 Å². The maximum Gasteiger partial charge on any atom is 0.241 e. The Labute approximate surface area is 220 Å². The van der Waals surface area contributed by atoms with E-state index in [9.17, 15) is 8.42 Å². The number of sulfonamides is 1. The van der Waals surface area contributed by atoms with E-state index in [2.05, 4.69) is 56.1 Å². The molecule has 196 valence electrons. The predicted octanol–water partition coefficient (Wildman–Crippen LogP) is 4.80. The van der Waals surface area contributed by atoms with Crippen molar-refractivity contribution in [2.75, 3.05) is 36.9 Å². The maximum atomic E-state index is 12.9. The molecule has 0 saturated carbocycles. The number of aromatic nitrogens is 2. The Bertz CT molecular complexity index is 1360. The summed E-state index contributed by atoms with van der Waals surface area (Å²) in [6, 6.07) is 15.6. The van der Waals surface area contributed by atoms with Gasteiger partial charge in [0.1, 0.15) is 5.82 Å². The number of fused-ring (bicyclic) bond motifs is 1. The van der Waals surface area contributed by atoms with Gasteiger partial charge in [-0.15, -0.1) is 0 Å². The first-order chi connectivity index (χ1) is 17.6. The monoisotopic (exact) mass is 520 g/mol. The summed E-state index contributed by atoms with van der Waals surface area (Å²) in [4.78, 5) is 14.0. The van der Waals surface area contributed by atoms with Gasteiger partial charge in [0, 0.05) is 35.2 Å². The average molecular weight is 521 g/mol. The lowest BCUT2D eigenvalue weighted by Crippen LogP contribution is -2.40. The van der Waals surface area contributed by atoms with Crippen molar-refractivity contribution in [3.8, 4) is 0 Å². The second kappa shape index (κ2) is 10.0. The van der Waals surface area contributed by atoms with E-state index in [0.717, 1.165) is 48.8 Å². The molecule has 0 radical (unpaired) electrons. The number of benzene rings is 2. The molecule has 2 aliphatic rings. The molecule has 2 aliphatic heterocycles. The first-order valence-corrected chi connectivity index (χ1v) is 14.4. The average Bonchev–Trinajstić information content (AvgIpc) is 3.27. The van der Waals surface area contributed by atoms with Crippen LogP contribution in [-0.4, -0.2) is 55.5 Å². The minimum Gasteiger partial charge on any atom is -0.326 e. The number of hydrogen-bond donors (Lipinski definition) is 2. The summed E-state index contributed by atoms with van der Waals surface area (Å²) in [6.45, 7) is 8.50. The number of nitrogens with one attached hydrogen (secondary N) is 2. The molecule has 37 heavy (non-hydrogen) atoms. The van der Waals surface area contributed by atoms with E-state index >= 15 is 0 Å². The second-order valence-corrected chi connectivity index (χ2v) is 12.8. The first kappa shape index (κ1) is 25.6. The number of nitrogens with zero attached hydrogens (tertiary/aromatic N) is 4. The molecular weight excluding hydrogens is 484 g/mol. The van der Waals surface area contributed by atoms with Crippen molar-refractivity contribution >= 4 is 33.2 Å². The number of anilines is 4. The molecule has 8 nitrogen and oxygen atoms in total. The summed E-state index contributed by atoms with van der Waals surface area (Å²) >= 11 is 0. The van der Waals surface area contributed by atoms with Crippen LogP contribution in [0.2, 0.25) is 0 Å². The van der Waals surface area contributed by atoms with Crippen LogP contribution in [0.15, 0.2) is 59.6 Å². The SMILES string of the molecule is CN1CCC(c2ccc(Nc3ncc4c(n3)N(c3cccc(S(=O)(=O)NC(C)(C)C)c3)CC4)cc2)CC1. The van der Waals surface area contributed by atoms with Gasteiger partial charge in [0.15, 0.2) is 0 Å². The van der Waals surface area contributed by atoms with Crippen LogP contribution in [-0.2, 0) is 16.4 Å². The van der Waals surface area contributed by atoms with Crippen LogP contribution in [0.4, 0.5) is 23.1 Å². The Morgan fingerprint density at radius 1 is 1.00 bits per heavy atom. The number of likely N-dealkylation sites (tertiary alicyclic amines) is 1.